The van der Waals surface area contributed by atoms with Crippen LogP contribution in [-0.2, 0) is 4.74 Å². The highest BCUT2D eigenvalue weighted by molar-refractivity contribution is 9.10. The second-order valence-corrected chi connectivity index (χ2v) is 5.39. The summed E-state index contributed by atoms with van der Waals surface area (Å²) >= 11 is 3.05. The summed E-state index contributed by atoms with van der Waals surface area (Å²) in [4.78, 5) is 0. The van der Waals surface area contributed by atoms with Crippen molar-refractivity contribution >= 4 is 15.9 Å². The van der Waals surface area contributed by atoms with Crippen molar-refractivity contribution in [3.05, 3.63) is 33.8 Å². The molecule has 0 aromatic heterocycles. The summed E-state index contributed by atoms with van der Waals surface area (Å²) < 4.78 is 33.5. The van der Waals surface area contributed by atoms with Gasteiger partial charge in [-0.05, 0) is 53.7 Å². The summed E-state index contributed by atoms with van der Waals surface area (Å²) in [6.07, 6.45) is 1.71. The molecule has 2 unspecified atom stereocenters. The highest BCUT2D eigenvalue weighted by Gasteiger charge is 2.38. The fourth-order valence-corrected chi connectivity index (χ4v) is 2.51. The summed E-state index contributed by atoms with van der Waals surface area (Å²) in [6, 6.07) is 1.79. The van der Waals surface area contributed by atoms with Gasteiger partial charge in [0.15, 0.2) is 0 Å². The number of hydrogen-bond donors (Lipinski definition) is 1. The van der Waals surface area contributed by atoms with E-state index in [1.165, 1.54) is 12.1 Å². The van der Waals surface area contributed by atoms with Crippen LogP contribution in [0.3, 0.4) is 0 Å². The van der Waals surface area contributed by atoms with Crippen molar-refractivity contribution in [2.24, 2.45) is 11.7 Å². The van der Waals surface area contributed by atoms with Crippen LogP contribution in [0.1, 0.15) is 31.4 Å². The van der Waals surface area contributed by atoms with Crippen LogP contribution in [0, 0.1) is 17.6 Å². The predicted molar refractivity (Wildman–Crippen MR) is 69.1 cm³/mol. The number of nitrogens with two attached hydrogens (primary N) is 1. The molecule has 0 spiro atoms. The Hall–Kier alpha value is -0.520. The minimum absolute atomic E-state index is 0.0882. The normalized spacial score (nSPS) is 18.7. The number of benzene rings is 1. The van der Waals surface area contributed by atoms with E-state index in [2.05, 4.69) is 15.9 Å². The third-order valence-corrected chi connectivity index (χ3v) is 3.82. The quantitative estimate of drug-likeness (QED) is 0.842. The van der Waals surface area contributed by atoms with E-state index in [1.807, 2.05) is 6.92 Å². The fraction of sp³-hybridized carbons (Fsp3) is 0.538. The van der Waals surface area contributed by atoms with Gasteiger partial charge in [-0.1, -0.05) is 0 Å². The van der Waals surface area contributed by atoms with E-state index in [1.54, 1.807) is 0 Å². The summed E-state index contributed by atoms with van der Waals surface area (Å²) in [5.41, 5.74) is 5.92. The van der Waals surface area contributed by atoms with E-state index in [0.717, 1.165) is 12.8 Å². The molecule has 0 amide bonds. The summed E-state index contributed by atoms with van der Waals surface area (Å²) in [5, 5.41) is 0. The third kappa shape index (κ3) is 2.73. The maximum Gasteiger partial charge on any atom is 0.145 e. The molecule has 5 heteroatoms. The fourth-order valence-electron chi connectivity index (χ4n) is 2.16. The van der Waals surface area contributed by atoms with Gasteiger partial charge in [0.1, 0.15) is 11.6 Å². The number of hydrogen-bond acceptors (Lipinski definition) is 2. The van der Waals surface area contributed by atoms with E-state index >= 15 is 0 Å². The Morgan fingerprint density at radius 1 is 1.44 bits per heavy atom. The Labute approximate surface area is 114 Å². The first-order chi connectivity index (χ1) is 8.56. The van der Waals surface area contributed by atoms with E-state index in [4.69, 9.17) is 10.5 Å². The van der Waals surface area contributed by atoms with Gasteiger partial charge in [0.05, 0.1) is 16.6 Å². The van der Waals surface area contributed by atoms with Crippen LogP contribution in [0.2, 0.25) is 0 Å². The van der Waals surface area contributed by atoms with Gasteiger partial charge in [0.25, 0.3) is 0 Å². The Bertz CT molecular complexity index is 437. The molecule has 0 aliphatic heterocycles. The molecule has 1 aliphatic rings. The maximum absolute atomic E-state index is 14.0. The standard InChI is InChI=1S/C13H16BrF2NO/c1-2-18-13(7-3-4-7)12(17)10-9(15)6-5-8(14)11(10)16/h5-7,12-13H,2-4,17H2,1H3. The zero-order chi connectivity index (χ0) is 13.3. The molecule has 1 fully saturated rings. The van der Waals surface area contributed by atoms with Crippen LogP contribution in [0.5, 0.6) is 0 Å². The van der Waals surface area contributed by atoms with Crippen LogP contribution < -0.4 is 5.73 Å². The van der Waals surface area contributed by atoms with E-state index < -0.39 is 17.7 Å². The average Bonchev–Trinajstić information content (AvgIpc) is 3.15. The van der Waals surface area contributed by atoms with Gasteiger partial charge in [-0.25, -0.2) is 8.78 Å². The molecular weight excluding hydrogens is 304 g/mol. The van der Waals surface area contributed by atoms with Crippen molar-refractivity contribution in [1.29, 1.82) is 0 Å². The molecule has 1 aromatic carbocycles. The van der Waals surface area contributed by atoms with E-state index in [-0.39, 0.29) is 16.1 Å². The van der Waals surface area contributed by atoms with Gasteiger partial charge >= 0.3 is 0 Å². The smallest absolute Gasteiger partial charge is 0.145 e. The molecule has 0 saturated heterocycles. The van der Waals surface area contributed by atoms with Gasteiger partial charge in [0.2, 0.25) is 0 Å². The third-order valence-electron chi connectivity index (χ3n) is 3.21. The Morgan fingerprint density at radius 3 is 2.67 bits per heavy atom. The SMILES string of the molecule is CCOC(C1CC1)C(N)c1c(F)ccc(Br)c1F. The van der Waals surface area contributed by atoms with Gasteiger partial charge in [-0.3, -0.25) is 0 Å². The zero-order valence-corrected chi connectivity index (χ0v) is 11.7. The first-order valence-electron chi connectivity index (χ1n) is 6.06. The highest BCUT2D eigenvalue weighted by atomic mass is 79.9. The highest BCUT2D eigenvalue weighted by Crippen LogP contribution is 2.40. The van der Waals surface area contributed by atoms with Crippen molar-refractivity contribution in [1.82, 2.24) is 0 Å². The van der Waals surface area contributed by atoms with Crippen molar-refractivity contribution in [2.45, 2.75) is 31.9 Å². The largest absolute Gasteiger partial charge is 0.376 e. The molecule has 0 heterocycles. The lowest BCUT2D eigenvalue weighted by Crippen LogP contribution is -2.32. The minimum atomic E-state index is -0.769. The Morgan fingerprint density at radius 2 is 2.11 bits per heavy atom. The molecular formula is C13H16BrF2NO. The first-order valence-corrected chi connectivity index (χ1v) is 6.86. The van der Waals surface area contributed by atoms with E-state index in [0.29, 0.717) is 12.5 Å². The van der Waals surface area contributed by atoms with Gasteiger partial charge in [0, 0.05) is 12.2 Å². The summed E-state index contributed by atoms with van der Waals surface area (Å²) in [5.74, 6) is -0.931. The van der Waals surface area contributed by atoms with Crippen molar-refractivity contribution in [2.75, 3.05) is 6.61 Å². The van der Waals surface area contributed by atoms with Crippen LogP contribution in [0.15, 0.2) is 16.6 Å². The molecule has 1 aromatic rings. The Balaban J connectivity index is 2.31. The topological polar surface area (TPSA) is 35.2 Å². The van der Waals surface area contributed by atoms with Crippen LogP contribution in [-0.4, -0.2) is 12.7 Å². The minimum Gasteiger partial charge on any atom is -0.376 e. The molecule has 100 valence electrons. The lowest BCUT2D eigenvalue weighted by atomic mass is 9.98. The lowest BCUT2D eigenvalue weighted by molar-refractivity contribution is 0.0266. The molecule has 18 heavy (non-hydrogen) atoms. The molecule has 0 bridgehead atoms. The molecule has 2 rings (SSSR count). The predicted octanol–water partition coefficient (Wildman–Crippen LogP) is 3.54. The second kappa shape index (κ2) is 5.63. The molecule has 2 atom stereocenters. The van der Waals surface area contributed by atoms with Crippen LogP contribution >= 0.6 is 15.9 Å². The van der Waals surface area contributed by atoms with Gasteiger partial charge in [-0.15, -0.1) is 0 Å². The van der Waals surface area contributed by atoms with Crippen molar-refractivity contribution < 1.29 is 13.5 Å². The summed E-state index contributed by atoms with van der Waals surface area (Å²) in [6.45, 7) is 2.35. The number of rotatable bonds is 5. The molecule has 2 nitrogen and oxygen atoms in total. The maximum atomic E-state index is 14.0. The average molecular weight is 320 g/mol. The van der Waals surface area contributed by atoms with Gasteiger partial charge < -0.3 is 10.5 Å². The number of ether oxygens (including phenoxy) is 1. The van der Waals surface area contributed by atoms with Crippen molar-refractivity contribution in [3.8, 4) is 0 Å². The lowest BCUT2D eigenvalue weighted by Gasteiger charge is -2.25. The monoisotopic (exact) mass is 319 g/mol. The van der Waals surface area contributed by atoms with E-state index in [9.17, 15) is 8.78 Å². The molecule has 2 N–H and O–H groups in total. The van der Waals surface area contributed by atoms with Crippen molar-refractivity contribution in [3.63, 3.8) is 0 Å². The van der Waals surface area contributed by atoms with Crippen LogP contribution in [0.4, 0.5) is 8.78 Å². The zero-order valence-electron chi connectivity index (χ0n) is 10.1. The molecule has 0 radical (unpaired) electrons. The first kappa shape index (κ1) is 13.9. The number of halogens is 3. The van der Waals surface area contributed by atoms with Gasteiger partial charge in [-0.2, -0.15) is 0 Å². The molecule has 1 aliphatic carbocycles. The second-order valence-electron chi connectivity index (χ2n) is 4.54. The molecule has 1 saturated carbocycles. The Kier molecular flexibility index (Phi) is 4.35. The summed E-state index contributed by atoms with van der Waals surface area (Å²) in [7, 11) is 0. The van der Waals surface area contributed by atoms with Crippen LogP contribution in [0.25, 0.3) is 0 Å².